The lowest BCUT2D eigenvalue weighted by atomic mass is 10.1. The van der Waals surface area contributed by atoms with E-state index in [-0.39, 0.29) is 6.10 Å². The van der Waals surface area contributed by atoms with Crippen LogP contribution >= 0.6 is 23.2 Å². The normalized spacial score (nSPS) is 22.1. The van der Waals surface area contributed by atoms with Gasteiger partial charge in [0.15, 0.2) is 0 Å². The third-order valence-electron chi connectivity index (χ3n) is 4.05. The summed E-state index contributed by atoms with van der Waals surface area (Å²) in [5.74, 6) is -0.126. The number of hydrogen-bond acceptors (Lipinski definition) is 6. The van der Waals surface area contributed by atoms with E-state index in [2.05, 4.69) is 15.1 Å². The molecule has 2 unspecified atom stereocenters. The standard InChI is InChI=1S/C18H16Cl2N4O3/c1-12-8-25-18(27-12,9-24-11-21-10-23-24)15-7-22-17(6-16(15)20)26-14-4-2-13(19)3-5-14/h2-7,10-12H,8-9H2,1H3. The Hall–Kier alpha value is -2.19. The van der Waals surface area contributed by atoms with Crippen LogP contribution in [0.5, 0.6) is 11.6 Å². The topological polar surface area (TPSA) is 71.3 Å². The van der Waals surface area contributed by atoms with Gasteiger partial charge in [-0.2, -0.15) is 5.10 Å². The highest BCUT2D eigenvalue weighted by molar-refractivity contribution is 6.31. The van der Waals surface area contributed by atoms with Gasteiger partial charge in [0.2, 0.25) is 11.7 Å². The summed E-state index contributed by atoms with van der Waals surface area (Å²) < 4.78 is 19.4. The molecule has 0 bridgehead atoms. The van der Waals surface area contributed by atoms with E-state index >= 15 is 0 Å². The molecular formula is C18H16Cl2N4O3. The maximum atomic E-state index is 6.53. The number of hydrogen-bond donors (Lipinski definition) is 0. The minimum atomic E-state index is -1.09. The molecule has 0 saturated carbocycles. The van der Waals surface area contributed by atoms with E-state index < -0.39 is 5.79 Å². The average Bonchev–Trinajstić information content (AvgIpc) is 3.28. The van der Waals surface area contributed by atoms with Crippen LogP contribution in [0.15, 0.2) is 49.2 Å². The molecule has 1 aliphatic heterocycles. The van der Waals surface area contributed by atoms with E-state index in [0.29, 0.717) is 40.4 Å². The first-order valence-electron chi connectivity index (χ1n) is 8.28. The molecule has 1 aromatic carbocycles. The van der Waals surface area contributed by atoms with Crippen LogP contribution in [0.25, 0.3) is 0 Å². The predicted molar refractivity (Wildman–Crippen MR) is 99.0 cm³/mol. The van der Waals surface area contributed by atoms with Gasteiger partial charge in [-0.25, -0.2) is 14.6 Å². The van der Waals surface area contributed by atoms with Gasteiger partial charge >= 0.3 is 0 Å². The summed E-state index contributed by atoms with van der Waals surface area (Å²) in [7, 11) is 0. The number of ether oxygens (including phenoxy) is 3. The molecule has 1 fully saturated rings. The minimum Gasteiger partial charge on any atom is -0.439 e. The zero-order valence-electron chi connectivity index (χ0n) is 14.4. The van der Waals surface area contributed by atoms with E-state index in [4.69, 9.17) is 37.4 Å². The molecule has 0 N–H and O–H groups in total. The van der Waals surface area contributed by atoms with Gasteiger partial charge in [0.1, 0.15) is 24.9 Å². The van der Waals surface area contributed by atoms with Gasteiger partial charge in [0.25, 0.3) is 0 Å². The summed E-state index contributed by atoms with van der Waals surface area (Å²) in [6.07, 6.45) is 4.56. The third-order valence-corrected chi connectivity index (χ3v) is 4.62. The zero-order chi connectivity index (χ0) is 18.9. The molecule has 4 rings (SSSR count). The Morgan fingerprint density at radius 2 is 2.11 bits per heavy atom. The summed E-state index contributed by atoms with van der Waals surface area (Å²) in [5.41, 5.74) is 0.604. The quantitative estimate of drug-likeness (QED) is 0.635. The second-order valence-electron chi connectivity index (χ2n) is 6.14. The van der Waals surface area contributed by atoms with Gasteiger partial charge in [-0.15, -0.1) is 0 Å². The Labute approximate surface area is 165 Å². The lowest BCUT2D eigenvalue weighted by molar-refractivity contribution is -0.187. The van der Waals surface area contributed by atoms with E-state index in [1.165, 1.54) is 6.33 Å². The van der Waals surface area contributed by atoms with Gasteiger partial charge in [-0.1, -0.05) is 23.2 Å². The molecule has 3 heterocycles. The molecule has 140 valence electrons. The van der Waals surface area contributed by atoms with Crippen LogP contribution in [-0.2, 0) is 21.8 Å². The van der Waals surface area contributed by atoms with Gasteiger partial charge < -0.3 is 14.2 Å². The van der Waals surface area contributed by atoms with Crippen LogP contribution in [0.4, 0.5) is 0 Å². The second kappa shape index (κ2) is 7.44. The van der Waals surface area contributed by atoms with E-state index in [9.17, 15) is 0 Å². The summed E-state index contributed by atoms with van der Waals surface area (Å²) in [6.45, 7) is 2.67. The summed E-state index contributed by atoms with van der Waals surface area (Å²) >= 11 is 12.4. The van der Waals surface area contributed by atoms with Gasteiger partial charge in [-0.05, 0) is 31.2 Å². The van der Waals surface area contributed by atoms with Gasteiger partial charge in [-0.3, -0.25) is 0 Å². The van der Waals surface area contributed by atoms with Crippen LogP contribution < -0.4 is 4.74 Å². The number of nitrogens with zero attached hydrogens (tertiary/aromatic N) is 4. The highest BCUT2D eigenvalue weighted by atomic mass is 35.5. The Morgan fingerprint density at radius 1 is 1.30 bits per heavy atom. The highest BCUT2D eigenvalue weighted by Crippen LogP contribution is 2.40. The van der Waals surface area contributed by atoms with Crippen molar-refractivity contribution in [3.63, 3.8) is 0 Å². The molecule has 3 aromatic rings. The van der Waals surface area contributed by atoms with Crippen molar-refractivity contribution < 1.29 is 14.2 Å². The Bertz CT molecular complexity index is 921. The first-order chi connectivity index (χ1) is 13.0. The minimum absolute atomic E-state index is 0.0884. The molecule has 0 spiro atoms. The second-order valence-corrected chi connectivity index (χ2v) is 6.99. The first kappa shape index (κ1) is 18.2. The predicted octanol–water partition coefficient (Wildman–Crippen LogP) is 4.06. The molecule has 7 nitrogen and oxygen atoms in total. The van der Waals surface area contributed by atoms with Crippen molar-refractivity contribution in [2.45, 2.75) is 25.4 Å². The smallest absolute Gasteiger partial charge is 0.220 e. The van der Waals surface area contributed by atoms with Crippen LogP contribution in [0.1, 0.15) is 12.5 Å². The first-order valence-corrected chi connectivity index (χ1v) is 9.03. The van der Waals surface area contributed by atoms with Crippen molar-refractivity contribution in [3.05, 3.63) is 64.8 Å². The molecule has 2 atom stereocenters. The lowest BCUT2D eigenvalue weighted by Gasteiger charge is -2.28. The Balaban J connectivity index is 1.62. The van der Waals surface area contributed by atoms with Crippen LogP contribution in [0, 0.1) is 0 Å². The Morgan fingerprint density at radius 3 is 2.74 bits per heavy atom. The van der Waals surface area contributed by atoms with E-state index in [1.807, 2.05) is 6.92 Å². The number of pyridine rings is 1. The monoisotopic (exact) mass is 406 g/mol. The van der Waals surface area contributed by atoms with Gasteiger partial charge in [0, 0.05) is 17.3 Å². The molecule has 9 heteroatoms. The molecule has 1 saturated heterocycles. The maximum Gasteiger partial charge on any atom is 0.220 e. The number of halogens is 2. The molecule has 0 radical (unpaired) electrons. The summed E-state index contributed by atoms with van der Waals surface area (Å²) in [4.78, 5) is 8.32. The van der Waals surface area contributed by atoms with E-state index in [1.54, 1.807) is 47.5 Å². The zero-order valence-corrected chi connectivity index (χ0v) is 15.9. The van der Waals surface area contributed by atoms with Crippen molar-refractivity contribution in [3.8, 4) is 11.6 Å². The van der Waals surface area contributed by atoms with Crippen LogP contribution in [0.3, 0.4) is 0 Å². The molecule has 0 amide bonds. The van der Waals surface area contributed by atoms with Gasteiger partial charge in [0.05, 0.1) is 23.3 Å². The molecule has 2 aromatic heterocycles. The fourth-order valence-electron chi connectivity index (χ4n) is 2.85. The highest BCUT2D eigenvalue weighted by Gasteiger charge is 2.44. The molecular weight excluding hydrogens is 391 g/mol. The Kier molecular flexibility index (Phi) is 5.01. The molecule has 27 heavy (non-hydrogen) atoms. The van der Waals surface area contributed by atoms with E-state index in [0.717, 1.165) is 0 Å². The number of benzene rings is 1. The fraction of sp³-hybridized carbons (Fsp3) is 0.278. The maximum absolute atomic E-state index is 6.53. The van der Waals surface area contributed by atoms with Crippen molar-refractivity contribution in [1.29, 1.82) is 0 Å². The average molecular weight is 407 g/mol. The van der Waals surface area contributed by atoms with Crippen molar-refractivity contribution >= 4 is 23.2 Å². The van der Waals surface area contributed by atoms with Crippen LogP contribution in [0.2, 0.25) is 10.0 Å². The summed E-state index contributed by atoms with van der Waals surface area (Å²) in [6, 6.07) is 8.61. The molecule has 0 aliphatic carbocycles. The SMILES string of the molecule is CC1COC(Cn2cncn2)(c2cnc(Oc3ccc(Cl)cc3)cc2Cl)O1. The van der Waals surface area contributed by atoms with Crippen molar-refractivity contribution in [2.24, 2.45) is 0 Å². The largest absolute Gasteiger partial charge is 0.439 e. The summed E-state index contributed by atoms with van der Waals surface area (Å²) in [5, 5.41) is 5.18. The van der Waals surface area contributed by atoms with Crippen LogP contribution in [-0.4, -0.2) is 32.5 Å². The number of aromatic nitrogens is 4. The fourth-order valence-corrected chi connectivity index (χ4v) is 3.27. The number of rotatable bonds is 5. The lowest BCUT2D eigenvalue weighted by Crippen LogP contribution is -2.34. The molecule has 1 aliphatic rings. The third kappa shape index (κ3) is 3.91. The van der Waals surface area contributed by atoms with Crippen molar-refractivity contribution in [2.75, 3.05) is 6.61 Å². The van der Waals surface area contributed by atoms with Crippen molar-refractivity contribution in [1.82, 2.24) is 19.7 Å².